The summed E-state index contributed by atoms with van der Waals surface area (Å²) in [7, 11) is 0. The number of carbonyl (C=O) groups is 3. The van der Waals surface area contributed by atoms with E-state index >= 15 is 0 Å². The van der Waals surface area contributed by atoms with Crippen molar-refractivity contribution < 1.29 is 28.6 Å². The molecule has 0 rings (SSSR count). The van der Waals surface area contributed by atoms with Crippen molar-refractivity contribution >= 4 is 17.9 Å². The van der Waals surface area contributed by atoms with Crippen LogP contribution in [0.25, 0.3) is 0 Å². The molecule has 0 aliphatic heterocycles. The van der Waals surface area contributed by atoms with Gasteiger partial charge in [-0.05, 0) is 122 Å². The number of ether oxygens (including phenoxy) is 3. The zero-order valence-electron chi connectivity index (χ0n) is 54.2. The monoisotopic (exact) mass is 1140 g/mol. The minimum absolute atomic E-state index is 0.0806. The molecular weight excluding hydrogens is 1010 g/mol. The molecule has 0 aromatic rings. The summed E-state index contributed by atoms with van der Waals surface area (Å²) in [5.41, 5.74) is 0. The van der Waals surface area contributed by atoms with E-state index in [-0.39, 0.29) is 31.1 Å². The van der Waals surface area contributed by atoms with Gasteiger partial charge in [0.05, 0.1) is 0 Å². The second kappa shape index (κ2) is 69.8. The van der Waals surface area contributed by atoms with Crippen molar-refractivity contribution in [3.8, 4) is 0 Å². The lowest BCUT2D eigenvalue weighted by atomic mass is 10.0. The first-order chi connectivity index (χ1) is 40.5. The lowest BCUT2D eigenvalue weighted by Crippen LogP contribution is -2.30. The van der Waals surface area contributed by atoms with Crippen LogP contribution in [0.15, 0.2) is 97.2 Å². The van der Waals surface area contributed by atoms with Gasteiger partial charge < -0.3 is 14.2 Å². The van der Waals surface area contributed by atoms with E-state index in [4.69, 9.17) is 14.2 Å². The number of hydrogen-bond donors (Lipinski definition) is 0. The predicted octanol–water partition coefficient (Wildman–Crippen LogP) is 24.4. The van der Waals surface area contributed by atoms with E-state index in [2.05, 4.69) is 118 Å². The Labute approximate surface area is 508 Å². The highest BCUT2D eigenvalue weighted by Gasteiger charge is 2.19. The van der Waals surface area contributed by atoms with E-state index < -0.39 is 6.10 Å². The Kier molecular flexibility index (Phi) is 66.7. The first-order valence-electron chi connectivity index (χ1n) is 35.2. The predicted molar refractivity (Wildman–Crippen MR) is 357 cm³/mol. The van der Waals surface area contributed by atoms with Gasteiger partial charge in [0.25, 0.3) is 0 Å². The van der Waals surface area contributed by atoms with Gasteiger partial charge in [0, 0.05) is 19.3 Å². The van der Waals surface area contributed by atoms with E-state index in [1.807, 2.05) is 0 Å². The van der Waals surface area contributed by atoms with Gasteiger partial charge in [-0.15, -0.1) is 0 Å². The molecular formula is C76H132O6. The van der Waals surface area contributed by atoms with E-state index in [1.54, 1.807) is 0 Å². The molecule has 0 bridgehead atoms. The van der Waals surface area contributed by atoms with Crippen LogP contribution in [0.3, 0.4) is 0 Å². The Bertz CT molecular complexity index is 1590. The average molecular weight is 1140 g/mol. The Hall–Kier alpha value is -3.67. The SMILES string of the molecule is CC/C=C\C/C=C\C/C=C\C/C=C\C/C=C\CCCCCCCCCCCCCCCCCC(=O)OCC(COC(=O)CCCCCCC/C=C\CCCCCCCCC)OC(=O)CCCCCCCCC/C=C\C/C=C\CCCCC. The summed E-state index contributed by atoms with van der Waals surface area (Å²) in [4.78, 5) is 38.4. The lowest BCUT2D eigenvalue weighted by molar-refractivity contribution is -0.167. The molecule has 0 radical (unpaired) electrons. The normalized spacial score (nSPS) is 12.7. The van der Waals surface area contributed by atoms with Crippen LogP contribution in [0.5, 0.6) is 0 Å². The van der Waals surface area contributed by atoms with Gasteiger partial charge in [0.1, 0.15) is 13.2 Å². The molecule has 0 N–H and O–H groups in total. The van der Waals surface area contributed by atoms with Crippen LogP contribution in [0.2, 0.25) is 0 Å². The third kappa shape index (κ3) is 67.1. The number of hydrogen-bond acceptors (Lipinski definition) is 6. The zero-order chi connectivity index (χ0) is 59.2. The van der Waals surface area contributed by atoms with Crippen molar-refractivity contribution in [3.05, 3.63) is 97.2 Å². The molecule has 0 heterocycles. The Morgan fingerprint density at radius 1 is 0.256 bits per heavy atom. The highest BCUT2D eigenvalue weighted by Crippen LogP contribution is 2.17. The highest BCUT2D eigenvalue weighted by molar-refractivity contribution is 5.71. The topological polar surface area (TPSA) is 78.9 Å². The Morgan fingerprint density at radius 3 is 0.780 bits per heavy atom. The van der Waals surface area contributed by atoms with E-state index in [1.165, 1.54) is 199 Å². The minimum Gasteiger partial charge on any atom is -0.462 e. The van der Waals surface area contributed by atoms with Gasteiger partial charge in [0.2, 0.25) is 0 Å². The first kappa shape index (κ1) is 78.3. The van der Waals surface area contributed by atoms with Gasteiger partial charge in [-0.25, -0.2) is 0 Å². The van der Waals surface area contributed by atoms with Gasteiger partial charge in [-0.3, -0.25) is 14.4 Å². The molecule has 472 valence electrons. The minimum atomic E-state index is -0.786. The molecule has 0 spiro atoms. The molecule has 1 unspecified atom stereocenters. The van der Waals surface area contributed by atoms with Crippen LogP contribution >= 0.6 is 0 Å². The van der Waals surface area contributed by atoms with Crippen molar-refractivity contribution in [2.45, 2.75) is 354 Å². The Morgan fingerprint density at radius 2 is 0.476 bits per heavy atom. The van der Waals surface area contributed by atoms with E-state index in [9.17, 15) is 14.4 Å². The van der Waals surface area contributed by atoms with Gasteiger partial charge in [0.15, 0.2) is 6.10 Å². The van der Waals surface area contributed by atoms with Crippen LogP contribution in [0.1, 0.15) is 348 Å². The molecule has 0 saturated carbocycles. The summed E-state index contributed by atoms with van der Waals surface area (Å²) >= 11 is 0. The third-order valence-electron chi connectivity index (χ3n) is 15.3. The number of esters is 3. The summed E-state index contributed by atoms with van der Waals surface area (Å²) in [5.74, 6) is -0.881. The van der Waals surface area contributed by atoms with Crippen LogP contribution in [-0.4, -0.2) is 37.2 Å². The molecule has 0 aromatic heterocycles. The number of allylic oxidation sites excluding steroid dienone is 16. The fourth-order valence-corrected chi connectivity index (χ4v) is 10.0. The Balaban J connectivity index is 4.26. The van der Waals surface area contributed by atoms with Crippen molar-refractivity contribution in [2.24, 2.45) is 0 Å². The zero-order valence-corrected chi connectivity index (χ0v) is 54.2. The summed E-state index contributed by atoms with van der Waals surface area (Å²) in [6.07, 6.45) is 94.3. The number of rotatable bonds is 64. The van der Waals surface area contributed by atoms with Crippen molar-refractivity contribution in [1.82, 2.24) is 0 Å². The van der Waals surface area contributed by atoms with Gasteiger partial charge in [-0.1, -0.05) is 304 Å². The van der Waals surface area contributed by atoms with Crippen LogP contribution < -0.4 is 0 Å². The molecule has 82 heavy (non-hydrogen) atoms. The third-order valence-corrected chi connectivity index (χ3v) is 15.3. The summed E-state index contributed by atoms with van der Waals surface area (Å²) in [6, 6.07) is 0. The first-order valence-corrected chi connectivity index (χ1v) is 35.2. The van der Waals surface area contributed by atoms with Gasteiger partial charge >= 0.3 is 17.9 Å². The second-order valence-corrected chi connectivity index (χ2v) is 23.4. The standard InChI is InChI=1S/C76H132O6/c1-4-7-10-13-16-19-22-25-28-31-32-33-34-35-36-37-38-39-40-41-42-43-44-46-48-51-54-57-60-63-66-69-75(78)81-72-73(71-80-74(77)68-65-62-59-56-53-50-47-30-27-24-21-18-15-12-9-6-3)82-76(79)70-67-64-61-58-55-52-49-45-29-26-23-20-17-14-11-8-5-2/h7,10,16-17,19-20,25-26,28-30,32-33,35-36,47,73H,4-6,8-9,11-15,18,21-24,27,31,34,37-46,48-72H2,1-3H3/b10-7-,19-16-,20-17-,28-25-,29-26-,33-32-,36-35-,47-30-. The van der Waals surface area contributed by atoms with Crippen LogP contribution in [-0.2, 0) is 28.6 Å². The smallest absolute Gasteiger partial charge is 0.306 e. The number of unbranched alkanes of at least 4 members (excludes halogenated alkanes) is 37. The second-order valence-electron chi connectivity index (χ2n) is 23.4. The average Bonchev–Trinajstić information content (AvgIpc) is 3.48. The quantitative estimate of drug-likeness (QED) is 0.0261. The highest BCUT2D eigenvalue weighted by atomic mass is 16.6. The molecule has 0 fully saturated rings. The van der Waals surface area contributed by atoms with Crippen LogP contribution in [0, 0.1) is 0 Å². The van der Waals surface area contributed by atoms with Crippen molar-refractivity contribution in [1.29, 1.82) is 0 Å². The molecule has 0 aromatic carbocycles. The van der Waals surface area contributed by atoms with Crippen molar-refractivity contribution in [3.63, 3.8) is 0 Å². The summed E-state index contributed by atoms with van der Waals surface area (Å²) < 4.78 is 17.0. The molecule has 0 aliphatic carbocycles. The fourth-order valence-electron chi connectivity index (χ4n) is 10.0. The maximum atomic E-state index is 12.9. The lowest BCUT2D eigenvalue weighted by Gasteiger charge is -2.18. The summed E-state index contributed by atoms with van der Waals surface area (Å²) in [6.45, 7) is 6.53. The maximum absolute atomic E-state index is 12.9. The molecule has 6 heteroatoms. The molecule has 0 amide bonds. The molecule has 0 aliphatic rings. The van der Waals surface area contributed by atoms with Crippen molar-refractivity contribution in [2.75, 3.05) is 13.2 Å². The molecule has 6 nitrogen and oxygen atoms in total. The van der Waals surface area contributed by atoms with E-state index in [0.717, 1.165) is 109 Å². The fraction of sp³-hybridized carbons (Fsp3) is 0.750. The summed E-state index contributed by atoms with van der Waals surface area (Å²) in [5, 5.41) is 0. The van der Waals surface area contributed by atoms with E-state index in [0.29, 0.717) is 19.3 Å². The van der Waals surface area contributed by atoms with Crippen LogP contribution in [0.4, 0.5) is 0 Å². The number of carbonyl (C=O) groups excluding carboxylic acids is 3. The molecule has 0 saturated heterocycles. The largest absolute Gasteiger partial charge is 0.462 e. The van der Waals surface area contributed by atoms with Gasteiger partial charge in [-0.2, -0.15) is 0 Å². The maximum Gasteiger partial charge on any atom is 0.306 e. The molecule has 1 atom stereocenters.